The Hall–Kier alpha value is -2.22. The van der Waals surface area contributed by atoms with Gasteiger partial charge in [0.25, 0.3) is 5.69 Å². The third-order valence-corrected chi connectivity index (χ3v) is 3.28. The van der Waals surface area contributed by atoms with E-state index in [-0.39, 0.29) is 17.1 Å². The lowest BCUT2D eigenvalue weighted by Crippen LogP contribution is -2.30. The third-order valence-electron chi connectivity index (χ3n) is 3.28. The summed E-state index contributed by atoms with van der Waals surface area (Å²) in [4.78, 5) is 20.2. The van der Waals surface area contributed by atoms with Crippen molar-refractivity contribution < 1.29 is 14.6 Å². The summed E-state index contributed by atoms with van der Waals surface area (Å²) in [6.07, 6.45) is 1.92. The Morgan fingerprint density at radius 2 is 1.90 bits per heavy atom. The van der Waals surface area contributed by atoms with Gasteiger partial charge >= 0.3 is 5.69 Å². The van der Waals surface area contributed by atoms with E-state index in [1.54, 1.807) is 0 Å². The number of piperidine rings is 1. The lowest BCUT2D eigenvalue weighted by molar-refractivity contribution is -0.394. The number of benzene rings is 1. The molecule has 8 nitrogen and oxygen atoms in total. The van der Waals surface area contributed by atoms with Gasteiger partial charge in [0.2, 0.25) is 0 Å². The summed E-state index contributed by atoms with van der Waals surface area (Å²) in [5.41, 5.74) is -0.681. The molecule has 1 N–H and O–H groups in total. The van der Waals surface area contributed by atoms with Gasteiger partial charge in [-0.05, 0) is 37.9 Å². The van der Waals surface area contributed by atoms with Gasteiger partial charge < -0.3 is 10.1 Å². The number of hydrogen-bond donors (Lipinski definition) is 1. The highest BCUT2D eigenvalue weighted by molar-refractivity contribution is 5.53. The summed E-state index contributed by atoms with van der Waals surface area (Å²) in [6, 6.07) is 3.43. The van der Waals surface area contributed by atoms with Gasteiger partial charge in [-0.15, -0.1) is 0 Å². The maximum atomic E-state index is 10.9. The predicted octanol–water partition coefficient (Wildman–Crippen LogP) is 1.88. The molecular weight excluding hydrogens is 266 g/mol. The van der Waals surface area contributed by atoms with E-state index in [1.807, 2.05) is 0 Å². The van der Waals surface area contributed by atoms with Crippen molar-refractivity contribution in [3.63, 3.8) is 0 Å². The Morgan fingerprint density at radius 3 is 2.50 bits per heavy atom. The van der Waals surface area contributed by atoms with Crippen LogP contribution in [0.2, 0.25) is 0 Å². The van der Waals surface area contributed by atoms with Crippen molar-refractivity contribution >= 4 is 11.4 Å². The number of hydrogen-bond acceptors (Lipinski definition) is 6. The number of non-ortho nitro benzene ring substituents is 1. The predicted molar refractivity (Wildman–Crippen MR) is 70.8 cm³/mol. The number of nitrogens with one attached hydrogen (secondary N) is 1. The zero-order chi connectivity index (χ0) is 14.5. The van der Waals surface area contributed by atoms with E-state index in [9.17, 15) is 20.2 Å². The van der Waals surface area contributed by atoms with Gasteiger partial charge in [0.15, 0.2) is 5.75 Å². The van der Waals surface area contributed by atoms with Crippen molar-refractivity contribution in [3.05, 3.63) is 38.4 Å². The van der Waals surface area contributed by atoms with Gasteiger partial charge in [0.05, 0.1) is 22.5 Å². The standard InChI is InChI=1S/C12H15N3O5/c16-14(17)10-1-2-12(11(7-10)15(18)19)20-8-9-3-5-13-6-4-9/h1-2,7,9,13H,3-6,8H2. The molecule has 2 rings (SSSR count). The molecule has 1 aromatic rings. The quantitative estimate of drug-likeness (QED) is 0.652. The summed E-state index contributed by atoms with van der Waals surface area (Å²) in [5.74, 6) is 0.435. The van der Waals surface area contributed by atoms with Crippen LogP contribution in [0.1, 0.15) is 12.8 Å². The second-order valence-electron chi connectivity index (χ2n) is 4.67. The Labute approximate surface area is 115 Å². The van der Waals surface area contributed by atoms with Crippen molar-refractivity contribution in [2.75, 3.05) is 19.7 Å². The van der Waals surface area contributed by atoms with E-state index in [2.05, 4.69) is 5.32 Å². The minimum Gasteiger partial charge on any atom is -0.487 e. The number of rotatable bonds is 5. The highest BCUT2D eigenvalue weighted by Gasteiger charge is 2.22. The maximum Gasteiger partial charge on any atom is 0.317 e. The molecule has 20 heavy (non-hydrogen) atoms. The first kappa shape index (κ1) is 14.2. The van der Waals surface area contributed by atoms with E-state index >= 15 is 0 Å². The molecule has 1 saturated heterocycles. The van der Waals surface area contributed by atoms with Gasteiger partial charge in [-0.2, -0.15) is 0 Å². The summed E-state index contributed by atoms with van der Waals surface area (Å²) < 4.78 is 5.48. The average molecular weight is 281 g/mol. The molecule has 0 bridgehead atoms. The monoisotopic (exact) mass is 281 g/mol. The summed E-state index contributed by atoms with van der Waals surface area (Å²) in [7, 11) is 0. The Balaban J connectivity index is 2.09. The van der Waals surface area contributed by atoms with E-state index in [4.69, 9.17) is 4.74 Å². The lowest BCUT2D eigenvalue weighted by atomic mass is 9.99. The van der Waals surface area contributed by atoms with Crippen LogP contribution in [-0.2, 0) is 0 Å². The molecular formula is C12H15N3O5. The normalized spacial score (nSPS) is 15.8. The van der Waals surface area contributed by atoms with Gasteiger partial charge in [-0.25, -0.2) is 0 Å². The number of nitro groups is 2. The third kappa shape index (κ3) is 3.41. The fraction of sp³-hybridized carbons (Fsp3) is 0.500. The first-order chi connectivity index (χ1) is 9.58. The van der Waals surface area contributed by atoms with E-state index in [0.717, 1.165) is 32.0 Å². The Bertz CT molecular complexity index is 514. The topological polar surface area (TPSA) is 108 Å². The number of nitro benzene ring substituents is 2. The van der Waals surface area contributed by atoms with E-state index < -0.39 is 9.85 Å². The molecule has 0 aromatic heterocycles. The molecule has 0 aliphatic carbocycles. The molecule has 0 amide bonds. The second-order valence-corrected chi connectivity index (χ2v) is 4.67. The molecule has 1 fully saturated rings. The molecule has 0 radical (unpaired) electrons. The Kier molecular flexibility index (Phi) is 4.46. The fourth-order valence-corrected chi connectivity index (χ4v) is 2.14. The zero-order valence-electron chi connectivity index (χ0n) is 10.8. The molecule has 0 atom stereocenters. The van der Waals surface area contributed by atoms with Crippen LogP contribution in [0, 0.1) is 26.1 Å². The van der Waals surface area contributed by atoms with Gasteiger partial charge in [0.1, 0.15) is 0 Å². The van der Waals surface area contributed by atoms with E-state index in [1.165, 1.54) is 12.1 Å². The fourth-order valence-electron chi connectivity index (χ4n) is 2.14. The molecule has 0 saturated carbocycles. The van der Waals surface area contributed by atoms with Crippen LogP contribution in [0.4, 0.5) is 11.4 Å². The highest BCUT2D eigenvalue weighted by atomic mass is 16.6. The van der Waals surface area contributed by atoms with E-state index in [0.29, 0.717) is 12.5 Å². The van der Waals surface area contributed by atoms with Crippen molar-refractivity contribution in [3.8, 4) is 5.75 Å². The largest absolute Gasteiger partial charge is 0.487 e. The molecule has 1 aliphatic heterocycles. The van der Waals surface area contributed by atoms with Gasteiger partial charge in [-0.3, -0.25) is 20.2 Å². The van der Waals surface area contributed by atoms with Crippen molar-refractivity contribution in [1.82, 2.24) is 5.32 Å². The number of ether oxygens (including phenoxy) is 1. The summed E-state index contributed by atoms with van der Waals surface area (Å²) in [5, 5.41) is 24.8. The molecule has 1 aromatic carbocycles. The maximum absolute atomic E-state index is 10.9. The van der Waals surface area contributed by atoms with Crippen LogP contribution in [-0.4, -0.2) is 29.5 Å². The smallest absolute Gasteiger partial charge is 0.317 e. The van der Waals surface area contributed by atoms with Crippen LogP contribution < -0.4 is 10.1 Å². The Morgan fingerprint density at radius 1 is 1.20 bits per heavy atom. The first-order valence-corrected chi connectivity index (χ1v) is 6.34. The minimum absolute atomic E-state index is 0.0825. The first-order valence-electron chi connectivity index (χ1n) is 6.34. The van der Waals surface area contributed by atoms with Gasteiger partial charge in [0, 0.05) is 6.07 Å². The lowest BCUT2D eigenvalue weighted by Gasteiger charge is -2.22. The molecule has 8 heteroatoms. The van der Waals surface area contributed by atoms with Crippen LogP contribution >= 0.6 is 0 Å². The molecule has 1 heterocycles. The zero-order valence-corrected chi connectivity index (χ0v) is 10.8. The molecule has 0 unspecified atom stereocenters. The summed E-state index contributed by atoms with van der Waals surface area (Å²) in [6.45, 7) is 2.22. The van der Waals surface area contributed by atoms with Crippen molar-refractivity contribution in [2.45, 2.75) is 12.8 Å². The second kappa shape index (κ2) is 6.29. The van der Waals surface area contributed by atoms with Crippen molar-refractivity contribution in [2.24, 2.45) is 5.92 Å². The van der Waals surface area contributed by atoms with Crippen LogP contribution in [0.15, 0.2) is 18.2 Å². The molecule has 0 spiro atoms. The molecule has 108 valence electrons. The summed E-state index contributed by atoms with van der Waals surface area (Å²) >= 11 is 0. The van der Waals surface area contributed by atoms with Crippen molar-refractivity contribution in [1.29, 1.82) is 0 Å². The van der Waals surface area contributed by atoms with Gasteiger partial charge in [-0.1, -0.05) is 0 Å². The van der Waals surface area contributed by atoms with Crippen LogP contribution in [0.3, 0.4) is 0 Å². The molecule has 1 aliphatic rings. The highest BCUT2D eigenvalue weighted by Crippen LogP contribution is 2.31. The minimum atomic E-state index is -0.663. The average Bonchev–Trinajstić information content (AvgIpc) is 2.45. The SMILES string of the molecule is O=[N+]([O-])c1ccc(OCC2CCNCC2)c([N+](=O)[O-])c1. The van der Waals surface area contributed by atoms with Crippen LogP contribution in [0.25, 0.3) is 0 Å². The van der Waals surface area contributed by atoms with Crippen LogP contribution in [0.5, 0.6) is 5.75 Å². The number of nitrogens with zero attached hydrogens (tertiary/aromatic N) is 2.